The van der Waals surface area contributed by atoms with Gasteiger partial charge in [0.15, 0.2) is 0 Å². The molecule has 0 spiro atoms. The molecule has 1 fully saturated rings. The van der Waals surface area contributed by atoms with Crippen molar-refractivity contribution >= 4 is 0 Å². The SMILES string of the molecule is CC(C)[C@H](C)Cc1cccc(O[C@H]2C[C@H](NC(C)(C)C)C2)c1. The Morgan fingerprint density at radius 3 is 2.45 bits per heavy atom. The highest BCUT2D eigenvalue weighted by molar-refractivity contribution is 5.29. The second kappa shape index (κ2) is 7.04. The number of benzene rings is 1. The van der Waals surface area contributed by atoms with E-state index in [0.717, 1.165) is 30.9 Å². The Morgan fingerprint density at radius 1 is 1.18 bits per heavy atom. The lowest BCUT2D eigenvalue weighted by Crippen LogP contribution is -2.53. The summed E-state index contributed by atoms with van der Waals surface area (Å²) in [5.41, 5.74) is 1.59. The van der Waals surface area contributed by atoms with Gasteiger partial charge in [0.1, 0.15) is 11.9 Å². The van der Waals surface area contributed by atoms with Gasteiger partial charge in [0, 0.05) is 11.6 Å². The van der Waals surface area contributed by atoms with Gasteiger partial charge in [-0.05, 0) is 69.6 Å². The smallest absolute Gasteiger partial charge is 0.119 e. The molecular formula is C20H33NO. The van der Waals surface area contributed by atoms with Crippen LogP contribution in [0.2, 0.25) is 0 Å². The van der Waals surface area contributed by atoms with Crippen LogP contribution in [0.4, 0.5) is 0 Å². The van der Waals surface area contributed by atoms with Crippen LogP contribution in [0.3, 0.4) is 0 Å². The third kappa shape index (κ3) is 5.31. The monoisotopic (exact) mass is 303 g/mol. The van der Waals surface area contributed by atoms with Crippen molar-refractivity contribution in [3.8, 4) is 5.75 Å². The van der Waals surface area contributed by atoms with Crippen LogP contribution < -0.4 is 10.1 Å². The third-order valence-corrected chi connectivity index (χ3v) is 4.63. The van der Waals surface area contributed by atoms with Crippen LogP contribution in [-0.4, -0.2) is 17.7 Å². The van der Waals surface area contributed by atoms with Crippen molar-refractivity contribution < 1.29 is 4.74 Å². The largest absolute Gasteiger partial charge is 0.490 e. The summed E-state index contributed by atoms with van der Waals surface area (Å²) >= 11 is 0. The van der Waals surface area contributed by atoms with E-state index in [4.69, 9.17) is 4.74 Å². The lowest BCUT2D eigenvalue weighted by molar-refractivity contribution is 0.0733. The van der Waals surface area contributed by atoms with Gasteiger partial charge >= 0.3 is 0 Å². The molecule has 1 aliphatic carbocycles. The van der Waals surface area contributed by atoms with Crippen molar-refractivity contribution in [1.29, 1.82) is 0 Å². The molecule has 0 radical (unpaired) electrons. The van der Waals surface area contributed by atoms with Crippen LogP contribution in [0.1, 0.15) is 59.9 Å². The van der Waals surface area contributed by atoms with E-state index in [1.54, 1.807) is 0 Å². The normalized spacial score (nSPS) is 23.2. The van der Waals surface area contributed by atoms with Crippen LogP contribution in [0.25, 0.3) is 0 Å². The summed E-state index contributed by atoms with van der Waals surface area (Å²) in [7, 11) is 0. The Morgan fingerprint density at radius 2 is 1.86 bits per heavy atom. The van der Waals surface area contributed by atoms with E-state index < -0.39 is 0 Å². The molecule has 124 valence electrons. The van der Waals surface area contributed by atoms with Crippen molar-refractivity contribution in [2.45, 2.75) is 78.5 Å². The number of nitrogens with one attached hydrogen (secondary N) is 1. The van der Waals surface area contributed by atoms with Gasteiger partial charge in [-0.3, -0.25) is 0 Å². The van der Waals surface area contributed by atoms with Gasteiger partial charge in [-0.25, -0.2) is 0 Å². The highest BCUT2D eigenvalue weighted by atomic mass is 16.5. The first kappa shape index (κ1) is 17.3. The molecule has 1 aliphatic rings. The van der Waals surface area contributed by atoms with Gasteiger partial charge in [0.2, 0.25) is 0 Å². The summed E-state index contributed by atoms with van der Waals surface area (Å²) in [6, 6.07) is 9.27. The summed E-state index contributed by atoms with van der Waals surface area (Å²) in [6.45, 7) is 13.6. The standard InChI is InChI=1S/C20H33NO/c1-14(2)15(3)10-16-8-7-9-18(11-16)22-19-12-17(13-19)21-20(4,5)6/h7-9,11,14-15,17,19,21H,10,12-13H2,1-6H3/t15-,17-,19-/m1/s1. The predicted octanol–water partition coefficient (Wildman–Crippen LogP) is 4.82. The van der Waals surface area contributed by atoms with Crippen molar-refractivity contribution in [2.75, 3.05) is 0 Å². The molecule has 1 saturated carbocycles. The van der Waals surface area contributed by atoms with Crippen LogP contribution in [0, 0.1) is 11.8 Å². The number of hydrogen-bond donors (Lipinski definition) is 1. The van der Waals surface area contributed by atoms with Crippen molar-refractivity contribution in [2.24, 2.45) is 11.8 Å². The minimum atomic E-state index is 0.197. The molecule has 2 nitrogen and oxygen atoms in total. The van der Waals surface area contributed by atoms with E-state index in [1.165, 1.54) is 5.56 Å². The summed E-state index contributed by atoms with van der Waals surface area (Å²) in [4.78, 5) is 0. The molecule has 0 aromatic heterocycles. The number of ether oxygens (including phenoxy) is 1. The van der Waals surface area contributed by atoms with Gasteiger partial charge in [0.25, 0.3) is 0 Å². The zero-order chi connectivity index (χ0) is 16.3. The molecule has 1 atom stereocenters. The second-order valence-electron chi connectivity index (χ2n) is 8.38. The van der Waals surface area contributed by atoms with Gasteiger partial charge in [0.05, 0.1) is 0 Å². The minimum Gasteiger partial charge on any atom is -0.490 e. The maximum absolute atomic E-state index is 6.14. The Balaban J connectivity index is 1.82. The van der Waals surface area contributed by atoms with Gasteiger partial charge in [-0.2, -0.15) is 0 Å². The Labute approximate surface area is 136 Å². The van der Waals surface area contributed by atoms with Crippen molar-refractivity contribution in [3.63, 3.8) is 0 Å². The fourth-order valence-corrected chi connectivity index (χ4v) is 2.94. The lowest BCUT2D eigenvalue weighted by Gasteiger charge is -2.40. The maximum atomic E-state index is 6.14. The average molecular weight is 303 g/mol. The Kier molecular flexibility index (Phi) is 5.55. The molecule has 22 heavy (non-hydrogen) atoms. The molecule has 0 bridgehead atoms. The van der Waals surface area contributed by atoms with Crippen LogP contribution in [0.5, 0.6) is 5.75 Å². The van der Waals surface area contributed by atoms with Crippen LogP contribution >= 0.6 is 0 Å². The predicted molar refractivity (Wildman–Crippen MR) is 94.5 cm³/mol. The minimum absolute atomic E-state index is 0.197. The molecule has 0 saturated heterocycles. The topological polar surface area (TPSA) is 21.3 Å². The summed E-state index contributed by atoms with van der Waals surface area (Å²) in [5, 5.41) is 3.64. The number of hydrogen-bond acceptors (Lipinski definition) is 2. The Hall–Kier alpha value is -1.02. The summed E-state index contributed by atoms with van der Waals surface area (Å²) in [5.74, 6) is 2.47. The molecule has 0 unspecified atom stereocenters. The molecular weight excluding hydrogens is 270 g/mol. The fraction of sp³-hybridized carbons (Fsp3) is 0.700. The molecule has 0 aliphatic heterocycles. The van der Waals surface area contributed by atoms with Crippen molar-refractivity contribution in [1.82, 2.24) is 5.32 Å². The first-order valence-corrected chi connectivity index (χ1v) is 8.76. The van der Waals surface area contributed by atoms with E-state index in [-0.39, 0.29) is 5.54 Å². The highest BCUT2D eigenvalue weighted by Gasteiger charge is 2.33. The van der Waals surface area contributed by atoms with Crippen LogP contribution in [-0.2, 0) is 6.42 Å². The number of rotatable bonds is 6. The third-order valence-electron chi connectivity index (χ3n) is 4.63. The zero-order valence-corrected chi connectivity index (χ0v) is 15.1. The first-order valence-electron chi connectivity index (χ1n) is 8.76. The van der Waals surface area contributed by atoms with Gasteiger partial charge in [-0.1, -0.05) is 32.9 Å². The van der Waals surface area contributed by atoms with E-state index in [0.29, 0.717) is 18.1 Å². The molecule has 1 aromatic rings. The molecule has 2 rings (SSSR count). The van der Waals surface area contributed by atoms with Crippen LogP contribution in [0.15, 0.2) is 24.3 Å². The van der Waals surface area contributed by atoms with E-state index in [2.05, 4.69) is 71.1 Å². The maximum Gasteiger partial charge on any atom is 0.119 e. The second-order valence-corrected chi connectivity index (χ2v) is 8.38. The van der Waals surface area contributed by atoms with E-state index >= 15 is 0 Å². The molecule has 2 heteroatoms. The molecule has 1 N–H and O–H groups in total. The quantitative estimate of drug-likeness (QED) is 0.813. The fourth-order valence-electron chi connectivity index (χ4n) is 2.94. The average Bonchev–Trinajstić information content (AvgIpc) is 2.35. The zero-order valence-electron chi connectivity index (χ0n) is 15.1. The highest BCUT2D eigenvalue weighted by Crippen LogP contribution is 2.28. The summed E-state index contributed by atoms with van der Waals surface area (Å²) < 4.78 is 6.14. The van der Waals surface area contributed by atoms with Gasteiger partial charge in [-0.15, -0.1) is 0 Å². The van der Waals surface area contributed by atoms with E-state index in [1.807, 2.05) is 0 Å². The van der Waals surface area contributed by atoms with E-state index in [9.17, 15) is 0 Å². The van der Waals surface area contributed by atoms with Crippen molar-refractivity contribution in [3.05, 3.63) is 29.8 Å². The lowest BCUT2D eigenvalue weighted by atomic mass is 9.87. The Bertz CT molecular complexity index is 469. The molecule has 0 heterocycles. The molecule has 0 amide bonds. The van der Waals surface area contributed by atoms with Gasteiger partial charge < -0.3 is 10.1 Å². The molecule has 1 aromatic carbocycles. The summed E-state index contributed by atoms with van der Waals surface area (Å²) in [6.07, 6.45) is 3.74. The first-order chi connectivity index (χ1) is 10.2.